The number of rotatable bonds is 5. The fraction of sp³-hybridized carbons (Fsp3) is 0.462. The largest absolute Gasteiger partial charge is 0.493 e. The first-order chi connectivity index (χ1) is 8.94. The van der Waals surface area contributed by atoms with Crippen LogP contribution in [0.3, 0.4) is 0 Å². The van der Waals surface area contributed by atoms with E-state index in [0.29, 0.717) is 13.2 Å². The van der Waals surface area contributed by atoms with Gasteiger partial charge in [-0.25, -0.2) is 8.42 Å². The van der Waals surface area contributed by atoms with E-state index in [2.05, 4.69) is 5.32 Å². The number of carbonyl (C=O) groups is 1. The minimum atomic E-state index is -3.09. The molecule has 1 aromatic rings. The lowest BCUT2D eigenvalue weighted by molar-refractivity contribution is -0.120. The molecule has 0 radical (unpaired) electrons. The lowest BCUT2D eigenvalue weighted by Gasteiger charge is -2.06. The molecule has 0 aromatic heterocycles. The van der Waals surface area contributed by atoms with Gasteiger partial charge in [0.2, 0.25) is 5.91 Å². The maximum Gasteiger partial charge on any atom is 0.221 e. The summed E-state index contributed by atoms with van der Waals surface area (Å²) in [6.45, 7) is 1.12. The minimum absolute atomic E-state index is 0.00683. The van der Waals surface area contributed by atoms with E-state index in [9.17, 15) is 13.2 Å². The Kier molecular flexibility index (Phi) is 4.09. The second kappa shape index (κ2) is 5.61. The molecule has 0 fully saturated rings. The highest BCUT2D eigenvalue weighted by atomic mass is 32.2. The summed E-state index contributed by atoms with van der Waals surface area (Å²) < 4.78 is 27.3. The lowest BCUT2D eigenvalue weighted by Crippen LogP contribution is -2.24. The Balaban J connectivity index is 1.84. The molecule has 0 bridgehead atoms. The molecule has 104 valence electrons. The Morgan fingerprint density at radius 2 is 2.21 bits per heavy atom. The van der Waals surface area contributed by atoms with Gasteiger partial charge in [-0.15, -0.1) is 0 Å². The van der Waals surface area contributed by atoms with Crippen molar-refractivity contribution in [2.24, 2.45) is 0 Å². The molecule has 6 heteroatoms. The summed E-state index contributed by atoms with van der Waals surface area (Å²) in [5.41, 5.74) is 2.15. The zero-order chi connectivity index (χ0) is 13.9. The lowest BCUT2D eigenvalue weighted by atomic mass is 10.1. The second-order valence-electron chi connectivity index (χ2n) is 4.70. The van der Waals surface area contributed by atoms with E-state index in [-0.39, 0.29) is 18.1 Å². The summed E-state index contributed by atoms with van der Waals surface area (Å²) in [4.78, 5) is 11.5. The third-order valence-corrected chi connectivity index (χ3v) is 3.89. The number of amides is 1. The van der Waals surface area contributed by atoms with Gasteiger partial charge in [-0.05, 0) is 17.2 Å². The fourth-order valence-corrected chi connectivity index (χ4v) is 2.47. The van der Waals surface area contributed by atoms with Crippen molar-refractivity contribution in [3.05, 3.63) is 29.3 Å². The average molecular weight is 283 g/mol. The number of sulfone groups is 1. The fourth-order valence-electron chi connectivity index (χ4n) is 1.92. The van der Waals surface area contributed by atoms with Crippen molar-refractivity contribution in [3.63, 3.8) is 0 Å². The van der Waals surface area contributed by atoms with Crippen LogP contribution >= 0.6 is 0 Å². The molecule has 1 aliphatic heterocycles. The van der Waals surface area contributed by atoms with E-state index < -0.39 is 9.84 Å². The van der Waals surface area contributed by atoms with Gasteiger partial charge in [0, 0.05) is 25.6 Å². The summed E-state index contributed by atoms with van der Waals surface area (Å²) in [5, 5.41) is 2.72. The summed E-state index contributed by atoms with van der Waals surface area (Å²) in [7, 11) is -3.09. The van der Waals surface area contributed by atoms with E-state index in [1.165, 1.54) is 0 Å². The third kappa shape index (κ3) is 4.24. The predicted molar refractivity (Wildman–Crippen MR) is 71.8 cm³/mol. The number of benzene rings is 1. The molecule has 0 saturated carbocycles. The minimum Gasteiger partial charge on any atom is -0.493 e. The van der Waals surface area contributed by atoms with Gasteiger partial charge in [-0.1, -0.05) is 12.1 Å². The van der Waals surface area contributed by atoms with Crippen molar-refractivity contribution >= 4 is 15.7 Å². The van der Waals surface area contributed by atoms with E-state index in [0.717, 1.165) is 29.6 Å². The molecule has 0 saturated heterocycles. The van der Waals surface area contributed by atoms with Crippen molar-refractivity contribution in [2.75, 3.05) is 18.6 Å². The number of hydrogen-bond donors (Lipinski definition) is 1. The zero-order valence-electron chi connectivity index (χ0n) is 10.8. The summed E-state index contributed by atoms with van der Waals surface area (Å²) in [6.07, 6.45) is 2.03. The van der Waals surface area contributed by atoms with Crippen LogP contribution in [0.4, 0.5) is 0 Å². The summed E-state index contributed by atoms with van der Waals surface area (Å²) in [6, 6.07) is 5.82. The number of ether oxygens (including phenoxy) is 1. The Labute approximate surface area is 112 Å². The molecule has 0 spiro atoms. The van der Waals surface area contributed by atoms with Crippen molar-refractivity contribution in [3.8, 4) is 5.75 Å². The maximum absolute atomic E-state index is 11.5. The number of nitrogens with one attached hydrogen (secondary N) is 1. The van der Waals surface area contributed by atoms with Crippen LogP contribution < -0.4 is 10.1 Å². The molecule has 1 aliphatic rings. The second-order valence-corrected chi connectivity index (χ2v) is 6.96. The Morgan fingerprint density at radius 3 is 2.95 bits per heavy atom. The van der Waals surface area contributed by atoms with Crippen LogP contribution in [-0.2, 0) is 27.6 Å². The van der Waals surface area contributed by atoms with Crippen LogP contribution in [0.15, 0.2) is 18.2 Å². The monoisotopic (exact) mass is 283 g/mol. The van der Waals surface area contributed by atoms with Crippen LogP contribution in [0.25, 0.3) is 0 Å². The molecule has 2 rings (SSSR count). The third-order valence-electron chi connectivity index (χ3n) is 2.94. The highest BCUT2D eigenvalue weighted by Gasteiger charge is 2.12. The first-order valence-electron chi connectivity index (χ1n) is 6.13. The Hall–Kier alpha value is -1.56. The van der Waals surface area contributed by atoms with E-state index in [1.807, 2.05) is 18.2 Å². The first-order valence-corrected chi connectivity index (χ1v) is 8.19. The van der Waals surface area contributed by atoms with E-state index in [4.69, 9.17) is 4.74 Å². The zero-order valence-corrected chi connectivity index (χ0v) is 11.6. The van der Waals surface area contributed by atoms with Crippen molar-refractivity contribution < 1.29 is 17.9 Å². The molecule has 1 N–H and O–H groups in total. The van der Waals surface area contributed by atoms with Crippen LogP contribution in [0.5, 0.6) is 5.75 Å². The van der Waals surface area contributed by atoms with Gasteiger partial charge in [-0.2, -0.15) is 0 Å². The molecule has 1 aromatic carbocycles. The van der Waals surface area contributed by atoms with Crippen molar-refractivity contribution in [2.45, 2.75) is 19.4 Å². The van der Waals surface area contributed by atoms with Crippen LogP contribution in [0.2, 0.25) is 0 Å². The maximum atomic E-state index is 11.5. The topological polar surface area (TPSA) is 72.5 Å². The first kappa shape index (κ1) is 13.9. The molecule has 0 atom stereocenters. The molecule has 19 heavy (non-hydrogen) atoms. The van der Waals surface area contributed by atoms with E-state index in [1.54, 1.807) is 0 Å². The van der Waals surface area contributed by atoms with Gasteiger partial charge < -0.3 is 10.1 Å². The van der Waals surface area contributed by atoms with E-state index >= 15 is 0 Å². The molecule has 0 unspecified atom stereocenters. The standard InChI is InChI=1S/C13H17NO4S/c1-19(16,17)7-5-13(15)14-9-10-2-3-12-11(8-10)4-6-18-12/h2-3,8H,4-7,9H2,1H3,(H,14,15). The summed E-state index contributed by atoms with van der Waals surface area (Å²) in [5.74, 6) is 0.547. The number of carbonyl (C=O) groups excluding carboxylic acids is 1. The van der Waals surface area contributed by atoms with Crippen LogP contribution in [0, 0.1) is 0 Å². The van der Waals surface area contributed by atoms with Gasteiger partial charge in [0.15, 0.2) is 0 Å². The van der Waals surface area contributed by atoms with Gasteiger partial charge in [0.25, 0.3) is 0 Å². The molecular weight excluding hydrogens is 266 g/mol. The summed E-state index contributed by atoms with van der Waals surface area (Å²) >= 11 is 0. The van der Waals surface area contributed by atoms with Gasteiger partial charge in [0.05, 0.1) is 12.4 Å². The van der Waals surface area contributed by atoms with Crippen LogP contribution in [-0.4, -0.2) is 32.9 Å². The predicted octanol–water partition coefficient (Wildman–Crippen LogP) is 0.672. The molecule has 1 amide bonds. The Bertz CT molecular complexity index is 580. The Morgan fingerprint density at radius 1 is 1.42 bits per heavy atom. The SMILES string of the molecule is CS(=O)(=O)CCC(=O)NCc1ccc2c(c1)CCO2. The molecular formula is C13H17NO4S. The van der Waals surface area contributed by atoms with Crippen molar-refractivity contribution in [1.29, 1.82) is 0 Å². The number of hydrogen-bond acceptors (Lipinski definition) is 4. The molecule has 5 nitrogen and oxygen atoms in total. The highest BCUT2D eigenvalue weighted by Crippen LogP contribution is 2.25. The quantitative estimate of drug-likeness (QED) is 0.862. The van der Waals surface area contributed by atoms with Gasteiger partial charge >= 0.3 is 0 Å². The number of fused-ring (bicyclic) bond motifs is 1. The normalized spacial score (nSPS) is 13.7. The van der Waals surface area contributed by atoms with Gasteiger partial charge in [-0.3, -0.25) is 4.79 Å². The molecule has 0 aliphatic carbocycles. The molecule has 1 heterocycles. The average Bonchev–Trinajstić information content (AvgIpc) is 2.80. The van der Waals surface area contributed by atoms with Crippen molar-refractivity contribution in [1.82, 2.24) is 5.32 Å². The van der Waals surface area contributed by atoms with Crippen LogP contribution in [0.1, 0.15) is 17.5 Å². The highest BCUT2D eigenvalue weighted by molar-refractivity contribution is 7.90. The van der Waals surface area contributed by atoms with Gasteiger partial charge in [0.1, 0.15) is 15.6 Å². The smallest absolute Gasteiger partial charge is 0.221 e.